The van der Waals surface area contributed by atoms with E-state index in [2.05, 4.69) is 4.98 Å². The maximum absolute atomic E-state index is 11.3. The van der Waals surface area contributed by atoms with Crippen molar-refractivity contribution in [1.82, 2.24) is 9.38 Å². The fourth-order valence-electron chi connectivity index (χ4n) is 2.23. The average Bonchev–Trinajstić information content (AvgIpc) is 2.81. The Bertz CT molecular complexity index is 760. The number of hydrogen-bond donors (Lipinski definition) is 1. The van der Waals surface area contributed by atoms with Crippen molar-refractivity contribution in [2.24, 2.45) is 0 Å². The lowest BCUT2D eigenvalue weighted by molar-refractivity contribution is 0.0693. The summed E-state index contributed by atoms with van der Waals surface area (Å²) in [4.78, 5) is 15.6. The summed E-state index contributed by atoms with van der Waals surface area (Å²) in [6, 6.07) is 15.1. The minimum absolute atomic E-state index is 0.0857. The number of carboxylic acid groups (broad SMARTS) is 1. The monoisotopic (exact) mass is 252 g/mol. The Labute approximate surface area is 110 Å². The predicted octanol–water partition coefficient (Wildman–Crippen LogP) is 3.01. The number of carboxylic acids is 1. The predicted molar refractivity (Wildman–Crippen MR) is 72.3 cm³/mol. The Morgan fingerprint density at radius 2 is 1.84 bits per heavy atom. The summed E-state index contributed by atoms with van der Waals surface area (Å²) in [7, 11) is 0. The van der Waals surface area contributed by atoms with Gasteiger partial charge in [0.05, 0.1) is 5.52 Å². The zero-order valence-electron chi connectivity index (χ0n) is 10.4. The van der Waals surface area contributed by atoms with E-state index in [-0.39, 0.29) is 5.69 Å². The molecule has 94 valence electrons. The van der Waals surface area contributed by atoms with Gasteiger partial charge in [-0.1, -0.05) is 36.4 Å². The van der Waals surface area contributed by atoms with Gasteiger partial charge in [-0.25, -0.2) is 9.78 Å². The molecule has 0 bridgehead atoms. The van der Waals surface area contributed by atoms with Crippen molar-refractivity contribution in [2.75, 3.05) is 0 Å². The van der Waals surface area contributed by atoms with E-state index < -0.39 is 5.97 Å². The summed E-state index contributed by atoms with van der Waals surface area (Å²) in [5.74, 6) is -0.351. The van der Waals surface area contributed by atoms with Gasteiger partial charge in [-0.15, -0.1) is 0 Å². The highest BCUT2D eigenvalue weighted by atomic mass is 16.4. The SMILES string of the molecule is Cc1cccc2c(C(=O)O)nc(-c3ccccc3)n12. The van der Waals surface area contributed by atoms with Gasteiger partial charge >= 0.3 is 5.97 Å². The first-order chi connectivity index (χ1) is 9.18. The minimum Gasteiger partial charge on any atom is -0.476 e. The van der Waals surface area contributed by atoms with Gasteiger partial charge in [-0.2, -0.15) is 0 Å². The molecule has 4 heteroatoms. The second-order valence-corrected chi connectivity index (χ2v) is 4.34. The van der Waals surface area contributed by atoms with Gasteiger partial charge in [-0.3, -0.25) is 4.40 Å². The number of aryl methyl sites for hydroxylation is 1. The fraction of sp³-hybridized carbons (Fsp3) is 0.0667. The third-order valence-electron chi connectivity index (χ3n) is 3.09. The summed E-state index contributed by atoms with van der Waals surface area (Å²) in [5, 5.41) is 9.26. The van der Waals surface area contributed by atoms with Crippen LogP contribution in [0.2, 0.25) is 0 Å². The molecule has 19 heavy (non-hydrogen) atoms. The second kappa shape index (κ2) is 4.24. The largest absolute Gasteiger partial charge is 0.476 e. The summed E-state index contributed by atoms with van der Waals surface area (Å²) in [5.41, 5.74) is 2.56. The first-order valence-corrected chi connectivity index (χ1v) is 5.95. The number of benzene rings is 1. The number of pyridine rings is 1. The fourth-order valence-corrected chi connectivity index (χ4v) is 2.23. The van der Waals surface area contributed by atoms with Crippen molar-refractivity contribution in [3.63, 3.8) is 0 Å². The molecule has 0 aliphatic rings. The van der Waals surface area contributed by atoms with Crippen LogP contribution in [-0.4, -0.2) is 20.5 Å². The Kier molecular flexibility index (Phi) is 2.56. The molecule has 1 N–H and O–H groups in total. The third kappa shape index (κ3) is 1.78. The van der Waals surface area contributed by atoms with Crippen LogP contribution in [0.25, 0.3) is 16.9 Å². The first-order valence-electron chi connectivity index (χ1n) is 5.95. The van der Waals surface area contributed by atoms with Gasteiger partial charge in [0.25, 0.3) is 0 Å². The number of aromatic carboxylic acids is 1. The van der Waals surface area contributed by atoms with Crippen LogP contribution in [-0.2, 0) is 0 Å². The molecule has 0 aliphatic heterocycles. The number of carbonyl (C=O) groups is 1. The minimum atomic E-state index is -1.01. The van der Waals surface area contributed by atoms with Gasteiger partial charge in [-0.05, 0) is 19.1 Å². The molecular formula is C15H12N2O2. The quantitative estimate of drug-likeness (QED) is 0.762. The number of rotatable bonds is 2. The lowest BCUT2D eigenvalue weighted by Gasteiger charge is -2.04. The Morgan fingerprint density at radius 3 is 2.53 bits per heavy atom. The third-order valence-corrected chi connectivity index (χ3v) is 3.09. The molecule has 0 unspecified atom stereocenters. The molecule has 2 heterocycles. The van der Waals surface area contributed by atoms with Crippen LogP contribution in [0.1, 0.15) is 16.2 Å². The molecular weight excluding hydrogens is 240 g/mol. The number of imidazole rings is 1. The van der Waals surface area contributed by atoms with Gasteiger partial charge in [0.2, 0.25) is 0 Å². The van der Waals surface area contributed by atoms with E-state index in [0.717, 1.165) is 11.3 Å². The van der Waals surface area contributed by atoms with E-state index >= 15 is 0 Å². The van der Waals surface area contributed by atoms with Crippen LogP contribution in [0.3, 0.4) is 0 Å². The van der Waals surface area contributed by atoms with Crippen LogP contribution in [0, 0.1) is 6.92 Å². The smallest absolute Gasteiger partial charge is 0.356 e. The number of hydrogen-bond acceptors (Lipinski definition) is 2. The Hall–Kier alpha value is -2.62. The van der Waals surface area contributed by atoms with Crippen molar-refractivity contribution in [1.29, 1.82) is 0 Å². The van der Waals surface area contributed by atoms with E-state index in [1.54, 1.807) is 6.07 Å². The van der Waals surface area contributed by atoms with Crippen molar-refractivity contribution in [3.8, 4) is 11.4 Å². The topological polar surface area (TPSA) is 54.6 Å². The molecule has 0 atom stereocenters. The standard InChI is InChI=1S/C15H12N2O2/c1-10-6-5-9-12-13(15(18)19)16-14(17(10)12)11-7-3-2-4-8-11/h2-9H,1H3,(H,18,19). The molecule has 0 fully saturated rings. The molecule has 2 aromatic heterocycles. The first kappa shape index (κ1) is 11.5. The number of fused-ring (bicyclic) bond motifs is 1. The van der Waals surface area contributed by atoms with E-state index in [4.69, 9.17) is 0 Å². The van der Waals surface area contributed by atoms with Gasteiger partial charge in [0, 0.05) is 11.3 Å². The lowest BCUT2D eigenvalue weighted by Crippen LogP contribution is -1.97. The summed E-state index contributed by atoms with van der Waals surface area (Å²) >= 11 is 0. The summed E-state index contributed by atoms with van der Waals surface area (Å²) < 4.78 is 1.87. The molecule has 0 radical (unpaired) electrons. The zero-order chi connectivity index (χ0) is 13.4. The average molecular weight is 252 g/mol. The van der Waals surface area contributed by atoms with Crippen LogP contribution >= 0.6 is 0 Å². The van der Waals surface area contributed by atoms with E-state index in [0.29, 0.717) is 11.3 Å². The summed E-state index contributed by atoms with van der Waals surface area (Å²) in [6.07, 6.45) is 0. The van der Waals surface area contributed by atoms with E-state index in [1.165, 1.54) is 0 Å². The molecule has 0 saturated heterocycles. The van der Waals surface area contributed by atoms with Gasteiger partial charge in [0.15, 0.2) is 5.69 Å². The number of nitrogens with zero attached hydrogens (tertiary/aromatic N) is 2. The maximum atomic E-state index is 11.3. The van der Waals surface area contributed by atoms with Crippen molar-refractivity contribution in [3.05, 3.63) is 59.9 Å². The van der Waals surface area contributed by atoms with Gasteiger partial charge in [0.1, 0.15) is 5.82 Å². The molecule has 1 aromatic carbocycles. The van der Waals surface area contributed by atoms with Crippen molar-refractivity contribution < 1.29 is 9.90 Å². The normalized spacial score (nSPS) is 10.8. The maximum Gasteiger partial charge on any atom is 0.356 e. The Balaban J connectivity index is 2.40. The van der Waals surface area contributed by atoms with Crippen LogP contribution in [0.4, 0.5) is 0 Å². The number of aromatic nitrogens is 2. The lowest BCUT2D eigenvalue weighted by atomic mass is 10.2. The molecule has 3 aromatic rings. The second-order valence-electron chi connectivity index (χ2n) is 4.34. The van der Waals surface area contributed by atoms with Gasteiger partial charge < -0.3 is 5.11 Å². The van der Waals surface area contributed by atoms with Crippen molar-refractivity contribution >= 4 is 11.5 Å². The highest BCUT2D eigenvalue weighted by Gasteiger charge is 2.18. The van der Waals surface area contributed by atoms with E-state index in [1.807, 2.05) is 53.8 Å². The molecule has 3 rings (SSSR count). The molecule has 0 amide bonds. The van der Waals surface area contributed by atoms with E-state index in [9.17, 15) is 9.90 Å². The van der Waals surface area contributed by atoms with Crippen LogP contribution in [0.5, 0.6) is 0 Å². The molecule has 0 aliphatic carbocycles. The zero-order valence-corrected chi connectivity index (χ0v) is 10.4. The van der Waals surface area contributed by atoms with Crippen LogP contribution in [0.15, 0.2) is 48.5 Å². The highest BCUT2D eigenvalue weighted by molar-refractivity contribution is 5.95. The summed E-state index contributed by atoms with van der Waals surface area (Å²) in [6.45, 7) is 1.94. The molecule has 0 spiro atoms. The highest BCUT2D eigenvalue weighted by Crippen LogP contribution is 2.24. The molecule has 0 saturated carbocycles. The Morgan fingerprint density at radius 1 is 1.11 bits per heavy atom. The molecule has 4 nitrogen and oxygen atoms in total. The van der Waals surface area contributed by atoms with Crippen molar-refractivity contribution in [2.45, 2.75) is 6.92 Å². The van der Waals surface area contributed by atoms with Crippen LogP contribution < -0.4 is 0 Å².